The molecule has 0 amide bonds. The molecule has 1 heterocycles. The number of esters is 2. The third-order valence-corrected chi connectivity index (χ3v) is 3.78. The smallest absolute Gasteiger partial charge is 0.308 e. The Balaban J connectivity index is 2.31. The molecule has 27 heavy (non-hydrogen) atoms. The molecule has 0 spiro atoms. The van der Waals surface area contributed by atoms with Gasteiger partial charge in [-0.15, -0.1) is 0 Å². The summed E-state index contributed by atoms with van der Waals surface area (Å²) in [5.41, 5.74) is 0.420. The van der Waals surface area contributed by atoms with Gasteiger partial charge in [0.05, 0.1) is 0 Å². The summed E-state index contributed by atoms with van der Waals surface area (Å²) in [5, 5.41) is 0.0458. The zero-order chi connectivity index (χ0) is 19.7. The largest absolute Gasteiger partial charge is 0.455 e. The van der Waals surface area contributed by atoms with Crippen molar-refractivity contribution in [3.63, 3.8) is 0 Å². The fourth-order valence-electron chi connectivity index (χ4n) is 2.68. The molecule has 2 aromatic carbocycles. The summed E-state index contributed by atoms with van der Waals surface area (Å²) in [7, 11) is 0. The van der Waals surface area contributed by atoms with Crippen LogP contribution in [0.15, 0.2) is 45.6 Å². The van der Waals surface area contributed by atoms with E-state index in [4.69, 9.17) is 13.9 Å². The summed E-state index contributed by atoms with van der Waals surface area (Å²) >= 11 is 0. The van der Waals surface area contributed by atoms with Gasteiger partial charge in [-0.25, -0.2) is 4.39 Å². The molecule has 0 aliphatic heterocycles. The Hall–Kier alpha value is -3.48. The number of carbonyl (C=O) groups excluding carboxylic acids is 2. The van der Waals surface area contributed by atoms with Crippen LogP contribution in [0, 0.1) is 12.7 Å². The fraction of sp³-hybridized carbons (Fsp3) is 0.150. The lowest BCUT2D eigenvalue weighted by atomic mass is 10.1. The van der Waals surface area contributed by atoms with Crippen molar-refractivity contribution in [3.05, 3.63) is 58.0 Å². The number of carbonyl (C=O) groups is 2. The summed E-state index contributed by atoms with van der Waals surface area (Å²) in [6, 6.07) is 8.10. The van der Waals surface area contributed by atoms with Crippen LogP contribution in [0.3, 0.4) is 0 Å². The van der Waals surface area contributed by atoms with E-state index in [0.29, 0.717) is 5.56 Å². The molecule has 6 nitrogen and oxygen atoms in total. The van der Waals surface area contributed by atoms with E-state index in [0.717, 1.165) is 0 Å². The van der Waals surface area contributed by atoms with E-state index >= 15 is 0 Å². The van der Waals surface area contributed by atoms with Crippen LogP contribution in [0.5, 0.6) is 11.5 Å². The van der Waals surface area contributed by atoms with Gasteiger partial charge in [0, 0.05) is 37.1 Å². The molecule has 0 radical (unpaired) electrons. The van der Waals surface area contributed by atoms with Gasteiger partial charge in [-0.2, -0.15) is 0 Å². The number of benzene rings is 2. The first-order valence-electron chi connectivity index (χ1n) is 8.00. The van der Waals surface area contributed by atoms with Crippen LogP contribution in [0.2, 0.25) is 0 Å². The van der Waals surface area contributed by atoms with Gasteiger partial charge < -0.3 is 13.9 Å². The third-order valence-electron chi connectivity index (χ3n) is 3.78. The minimum absolute atomic E-state index is 0.0458. The molecule has 0 fully saturated rings. The second-order valence-corrected chi connectivity index (χ2v) is 5.87. The maximum atomic E-state index is 13.2. The molecule has 0 aliphatic carbocycles. The second-order valence-electron chi connectivity index (χ2n) is 5.87. The standard InChI is InChI=1S/C20H15FO6/c1-10-19(24)18-16(26-12(3)23)8-15(25-11(2)22)9-17(18)27-20(10)13-4-6-14(21)7-5-13/h4-9H,1-3H3. The maximum Gasteiger partial charge on any atom is 0.308 e. The Kier molecular flexibility index (Phi) is 4.77. The molecule has 1 aromatic heterocycles. The van der Waals surface area contributed by atoms with Crippen LogP contribution in [0.25, 0.3) is 22.3 Å². The van der Waals surface area contributed by atoms with Gasteiger partial charge in [-0.3, -0.25) is 14.4 Å². The summed E-state index contributed by atoms with van der Waals surface area (Å²) in [5.74, 6) is -1.43. The lowest BCUT2D eigenvalue weighted by molar-refractivity contribution is -0.132. The van der Waals surface area contributed by atoms with Gasteiger partial charge >= 0.3 is 11.9 Å². The lowest BCUT2D eigenvalue weighted by Gasteiger charge is -2.12. The van der Waals surface area contributed by atoms with Gasteiger partial charge in [-0.05, 0) is 31.2 Å². The molecular weight excluding hydrogens is 355 g/mol. The highest BCUT2D eigenvalue weighted by atomic mass is 19.1. The zero-order valence-electron chi connectivity index (χ0n) is 14.8. The average molecular weight is 370 g/mol. The minimum atomic E-state index is -0.643. The molecule has 0 bridgehead atoms. The van der Waals surface area contributed by atoms with Crippen molar-refractivity contribution in [3.8, 4) is 22.8 Å². The molecule has 3 aromatic rings. The first-order chi connectivity index (χ1) is 12.8. The van der Waals surface area contributed by atoms with Crippen molar-refractivity contribution >= 4 is 22.9 Å². The molecule has 0 N–H and O–H groups in total. The van der Waals surface area contributed by atoms with Gasteiger partial charge in [0.15, 0.2) is 5.43 Å². The number of ether oxygens (including phenoxy) is 2. The van der Waals surface area contributed by atoms with E-state index in [-0.39, 0.29) is 33.8 Å². The molecule has 0 atom stereocenters. The van der Waals surface area contributed by atoms with Crippen LogP contribution < -0.4 is 14.9 Å². The Morgan fingerprint density at radius 3 is 2.22 bits per heavy atom. The van der Waals surface area contributed by atoms with Gasteiger partial charge in [0.1, 0.15) is 34.0 Å². The van der Waals surface area contributed by atoms with Crippen molar-refractivity contribution in [2.75, 3.05) is 0 Å². The minimum Gasteiger partial charge on any atom is -0.455 e. The van der Waals surface area contributed by atoms with Crippen LogP contribution >= 0.6 is 0 Å². The first-order valence-corrected chi connectivity index (χ1v) is 8.00. The SMILES string of the molecule is CC(=O)Oc1cc(OC(C)=O)c2c(=O)c(C)c(-c3ccc(F)cc3)oc2c1. The van der Waals surface area contributed by atoms with E-state index in [1.807, 2.05) is 0 Å². The summed E-state index contributed by atoms with van der Waals surface area (Å²) in [4.78, 5) is 35.6. The predicted molar refractivity (Wildman–Crippen MR) is 95.2 cm³/mol. The van der Waals surface area contributed by atoms with Crippen LogP contribution in [-0.4, -0.2) is 11.9 Å². The van der Waals surface area contributed by atoms with Gasteiger partial charge in [0.2, 0.25) is 0 Å². The Labute approximate surface area is 153 Å². The molecule has 0 aliphatic rings. The molecular formula is C20H15FO6. The quantitative estimate of drug-likeness (QED) is 0.516. The molecule has 0 unspecified atom stereocenters. The zero-order valence-corrected chi connectivity index (χ0v) is 14.8. The molecule has 0 saturated heterocycles. The highest BCUT2D eigenvalue weighted by Crippen LogP contribution is 2.33. The van der Waals surface area contributed by atoms with Crippen molar-refractivity contribution in [2.45, 2.75) is 20.8 Å². The van der Waals surface area contributed by atoms with Crippen molar-refractivity contribution < 1.29 is 27.9 Å². The second kappa shape index (κ2) is 7.03. The van der Waals surface area contributed by atoms with Crippen molar-refractivity contribution in [1.82, 2.24) is 0 Å². The number of hydrogen-bond donors (Lipinski definition) is 0. The normalized spacial score (nSPS) is 10.7. The highest BCUT2D eigenvalue weighted by molar-refractivity contribution is 5.90. The molecule has 138 valence electrons. The predicted octanol–water partition coefficient (Wildman–Crippen LogP) is 3.76. The van der Waals surface area contributed by atoms with E-state index in [2.05, 4.69) is 0 Å². The van der Waals surface area contributed by atoms with E-state index < -0.39 is 23.2 Å². The number of halogens is 1. The number of hydrogen-bond acceptors (Lipinski definition) is 6. The summed E-state index contributed by atoms with van der Waals surface area (Å²) in [6.45, 7) is 3.96. The average Bonchev–Trinajstić information content (AvgIpc) is 2.57. The monoisotopic (exact) mass is 370 g/mol. The topological polar surface area (TPSA) is 82.8 Å². The third kappa shape index (κ3) is 3.72. The molecule has 7 heteroatoms. The van der Waals surface area contributed by atoms with Crippen LogP contribution in [0.1, 0.15) is 19.4 Å². The van der Waals surface area contributed by atoms with E-state index in [1.54, 1.807) is 6.92 Å². The van der Waals surface area contributed by atoms with E-state index in [1.165, 1.54) is 50.2 Å². The number of fused-ring (bicyclic) bond motifs is 1. The van der Waals surface area contributed by atoms with Crippen molar-refractivity contribution in [2.24, 2.45) is 0 Å². The molecule has 3 rings (SSSR count). The van der Waals surface area contributed by atoms with E-state index in [9.17, 15) is 18.8 Å². The highest BCUT2D eigenvalue weighted by Gasteiger charge is 2.19. The fourth-order valence-corrected chi connectivity index (χ4v) is 2.68. The first kappa shape index (κ1) is 18.3. The van der Waals surface area contributed by atoms with Crippen LogP contribution in [-0.2, 0) is 9.59 Å². The van der Waals surface area contributed by atoms with Gasteiger partial charge in [0.25, 0.3) is 0 Å². The van der Waals surface area contributed by atoms with Gasteiger partial charge in [-0.1, -0.05) is 0 Å². The van der Waals surface area contributed by atoms with Crippen LogP contribution in [0.4, 0.5) is 4.39 Å². The summed E-state index contributed by atoms with van der Waals surface area (Å²) < 4.78 is 29.2. The lowest BCUT2D eigenvalue weighted by Crippen LogP contribution is -2.12. The maximum absolute atomic E-state index is 13.2. The Morgan fingerprint density at radius 1 is 1.00 bits per heavy atom. The summed E-state index contributed by atoms with van der Waals surface area (Å²) in [6.07, 6.45) is 0. The Bertz CT molecular complexity index is 1110. The van der Waals surface area contributed by atoms with Crippen molar-refractivity contribution in [1.29, 1.82) is 0 Å². The molecule has 0 saturated carbocycles. The number of rotatable bonds is 3. The Morgan fingerprint density at radius 2 is 1.63 bits per heavy atom.